The van der Waals surface area contributed by atoms with Gasteiger partial charge in [-0.05, 0) is 30.2 Å². The molecular weight excluding hydrogens is 333 g/mol. The fraction of sp³-hybridized carbons (Fsp3) is 0.300. The highest BCUT2D eigenvalue weighted by molar-refractivity contribution is 5.91. The van der Waals surface area contributed by atoms with E-state index >= 15 is 0 Å². The number of hydrogen-bond acceptors (Lipinski definition) is 3. The van der Waals surface area contributed by atoms with E-state index in [2.05, 4.69) is 10.6 Å². The van der Waals surface area contributed by atoms with Crippen molar-refractivity contribution in [2.24, 2.45) is 0 Å². The molecule has 5 nitrogen and oxygen atoms in total. The first-order valence-electron chi connectivity index (χ1n) is 8.60. The monoisotopic (exact) mass is 355 g/mol. The van der Waals surface area contributed by atoms with Gasteiger partial charge in [0.15, 0.2) is 0 Å². The van der Waals surface area contributed by atoms with Crippen molar-refractivity contribution in [3.8, 4) is 0 Å². The molecule has 1 heterocycles. The summed E-state index contributed by atoms with van der Waals surface area (Å²) in [5.41, 5.74) is 0.494. The molecule has 0 bridgehead atoms. The first kappa shape index (κ1) is 17.9. The first-order chi connectivity index (χ1) is 12.5. The summed E-state index contributed by atoms with van der Waals surface area (Å²) < 4.78 is 13.5. The Hall–Kier alpha value is -2.89. The Morgan fingerprint density at radius 2 is 1.92 bits per heavy atom. The Bertz CT molecular complexity index is 797. The number of rotatable bonds is 5. The van der Waals surface area contributed by atoms with Crippen LogP contribution >= 0.6 is 0 Å². The van der Waals surface area contributed by atoms with Crippen molar-refractivity contribution in [1.82, 2.24) is 10.2 Å². The third kappa shape index (κ3) is 3.85. The number of hydrogen-bond donors (Lipinski definition) is 2. The standard InChI is InChI=1S/C20H22FN3O2/c1-22-19(26)20(23-17-9-5-8-16(21)13-17)10-11-24(14-20)18(25)12-15-6-3-2-4-7-15/h2-9,13,23H,10-12,14H2,1H3,(H,22,26). The number of likely N-dealkylation sites (tertiary alicyclic amines) is 1. The Morgan fingerprint density at radius 3 is 2.62 bits per heavy atom. The van der Waals surface area contributed by atoms with Crippen LogP contribution in [-0.4, -0.2) is 42.4 Å². The van der Waals surface area contributed by atoms with Gasteiger partial charge in [-0.1, -0.05) is 36.4 Å². The molecule has 0 radical (unpaired) electrons. The average Bonchev–Trinajstić information content (AvgIpc) is 3.07. The van der Waals surface area contributed by atoms with E-state index in [0.29, 0.717) is 25.1 Å². The molecule has 1 aliphatic rings. The Labute approximate surface area is 152 Å². The second-order valence-electron chi connectivity index (χ2n) is 6.52. The quantitative estimate of drug-likeness (QED) is 0.864. The molecule has 1 aliphatic heterocycles. The van der Waals surface area contributed by atoms with Crippen molar-refractivity contribution in [2.45, 2.75) is 18.4 Å². The average molecular weight is 355 g/mol. The van der Waals surface area contributed by atoms with Crippen molar-refractivity contribution in [3.63, 3.8) is 0 Å². The lowest BCUT2D eigenvalue weighted by Gasteiger charge is -2.30. The molecule has 2 N–H and O–H groups in total. The van der Waals surface area contributed by atoms with Crippen molar-refractivity contribution >= 4 is 17.5 Å². The van der Waals surface area contributed by atoms with Crippen LogP contribution in [0.4, 0.5) is 10.1 Å². The number of halogens is 1. The van der Waals surface area contributed by atoms with E-state index in [1.54, 1.807) is 24.1 Å². The first-order valence-corrected chi connectivity index (χ1v) is 8.60. The second-order valence-corrected chi connectivity index (χ2v) is 6.52. The van der Waals surface area contributed by atoms with Crippen LogP contribution in [0, 0.1) is 5.82 Å². The minimum atomic E-state index is -0.963. The van der Waals surface area contributed by atoms with E-state index in [1.165, 1.54) is 12.1 Å². The molecule has 26 heavy (non-hydrogen) atoms. The van der Waals surface area contributed by atoms with Gasteiger partial charge in [-0.15, -0.1) is 0 Å². The molecule has 6 heteroatoms. The summed E-state index contributed by atoms with van der Waals surface area (Å²) in [6, 6.07) is 15.5. The highest BCUT2D eigenvalue weighted by atomic mass is 19.1. The molecule has 2 amide bonds. The smallest absolute Gasteiger partial charge is 0.247 e. The molecule has 1 atom stereocenters. The van der Waals surface area contributed by atoms with E-state index in [1.807, 2.05) is 30.3 Å². The maximum Gasteiger partial charge on any atom is 0.247 e. The number of carbonyl (C=O) groups excluding carboxylic acids is 2. The zero-order valence-corrected chi connectivity index (χ0v) is 14.7. The van der Waals surface area contributed by atoms with Crippen LogP contribution < -0.4 is 10.6 Å². The van der Waals surface area contributed by atoms with E-state index in [9.17, 15) is 14.0 Å². The molecule has 1 unspecified atom stereocenters. The Balaban J connectivity index is 1.75. The van der Waals surface area contributed by atoms with Gasteiger partial charge in [0, 0.05) is 19.3 Å². The van der Waals surface area contributed by atoms with E-state index in [0.717, 1.165) is 5.56 Å². The van der Waals surface area contributed by atoms with Gasteiger partial charge in [0.25, 0.3) is 0 Å². The zero-order valence-electron chi connectivity index (χ0n) is 14.7. The minimum Gasteiger partial charge on any atom is -0.370 e. The van der Waals surface area contributed by atoms with E-state index in [4.69, 9.17) is 0 Å². The summed E-state index contributed by atoms with van der Waals surface area (Å²) in [6.07, 6.45) is 0.758. The highest BCUT2D eigenvalue weighted by Crippen LogP contribution is 2.27. The fourth-order valence-corrected chi connectivity index (χ4v) is 3.33. The van der Waals surface area contributed by atoms with Crippen LogP contribution in [0.25, 0.3) is 0 Å². The predicted octanol–water partition coefficient (Wildman–Crippen LogP) is 2.20. The van der Waals surface area contributed by atoms with Crippen molar-refractivity contribution in [1.29, 1.82) is 0 Å². The van der Waals surface area contributed by atoms with Crippen LogP contribution in [-0.2, 0) is 16.0 Å². The molecule has 0 aromatic heterocycles. The maximum atomic E-state index is 13.5. The SMILES string of the molecule is CNC(=O)C1(Nc2cccc(F)c2)CCN(C(=O)Cc2ccccc2)C1. The van der Waals surface area contributed by atoms with Gasteiger partial charge >= 0.3 is 0 Å². The van der Waals surface area contributed by atoms with Crippen molar-refractivity contribution in [3.05, 3.63) is 66.0 Å². The number of carbonyl (C=O) groups is 2. The number of nitrogens with one attached hydrogen (secondary N) is 2. The van der Waals surface area contributed by atoms with Crippen LogP contribution in [0.5, 0.6) is 0 Å². The van der Waals surface area contributed by atoms with Crippen LogP contribution in [0.3, 0.4) is 0 Å². The lowest BCUT2D eigenvalue weighted by atomic mass is 9.96. The van der Waals surface area contributed by atoms with Gasteiger partial charge in [0.2, 0.25) is 11.8 Å². The largest absolute Gasteiger partial charge is 0.370 e. The zero-order chi connectivity index (χ0) is 18.6. The summed E-state index contributed by atoms with van der Waals surface area (Å²) in [5.74, 6) is -0.614. The van der Waals surface area contributed by atoms with Gasteiger partial charge in [0.05, 0.1) is 13.0 Å². The number of benzene rings is 2. The summed E-state index contributed by atoms with van der Waals surface area (Å²) in [5, 5.41) is 5.81. The van der Waals surface area contributed by atoms with Gasteiger partial charge in [-0.25, -0.2) is 4.39 Å². The van der Waals surface area contributed by atoms with Crippen molar-refractivity contribution < 1.29 is 14.0 Å². The minimum absolute atomic E-state index is 0.0250. The van der Waals surface area contributed by atoms with Crippen LogP contribution in [0.15, 0.2) is 54.6 Å². The van der Waals surface area contributed by atoms with E-state index in [-0.39, 0.29) is 24.2 Å². The van der Waals surface area contributed by atoms with Crippen LogP contribution in [0.2, 0.25) is 0 Å². The summed E-state index contributed by atoms with van der Waals surface area (Å²) in [6.45, 7) is 0.719. The van der Waals surface area contributed by atoms with Gasteiger partial charge in [-0.3, -0.25) is 9.59 Å². The topological polar surface area (TPSA) is 61.4 Å². The molecule has 136 valence electrons. The summed E-state index contributed by atoms with van der Waals surface area (Å²) in [7, 11) is 1.56. The molecular formula is C20H22FN3O2. The second kappa shape index (κ2) is 7.56. The molecule has 1 saturated heterocycles. The molecule has 0 spiro atoms. The highest BCUT2D eigenvalue weighted by Gasteiger charge is 2.45. The number of amides is 2. The summed E-state index contributed by atoms with van der Waals surface area (Å²) >= 11 is 0. The Kier molecular flexibility index (Phi) is 5.21. The molecule has 2 aromatic carbocycles. The van der Waals surface area contributed by atoms with Gasteiger partial charge in [0.1, 0.15) is 11.4 Å². The van der Waals surface area contributed by atoms with Crippen LogP contribution in [0.1, 0.15) is 12.0 Å². The number of likely N-dealkylation sites (N-methyl/N-ethyl adjacent to an activating group) is 1. The number of anilines is 1. The maximum absolute atomic E-state index is 13.5. The van der Waals surface area contributed by atoms with E-state index < -0.39 is 5.54 Å². The molecule has 0 aliphatic carbocycles. The molecule has 0 saturated carbocycles. The lowest BCUT2D eigenvalue weighted by Crippen LogP contribution is -2.54. The summed E-state index contributed by atoms with van der Waals surface area (Å²) in [4.78, 5) is 26.9. The number of nitrogens with zero attached hydrogens (tertiary/aromatic N) is 1. The molecule has 1 fully saturated rings. The lowest BCUT2D eigenvalue weighted by molar-refractivity contribution is -0.130. The van der Waals surface area contributed by atoms with Gasteiger partial charge in [-0.2, -0.15) is 0 Å². The van der Waals surface area contributed by atoms with Gasteiger partial charge < -0.3 is 15.5 Å². The molecule has 3 rings (SSSR count). The third-order valence-corrected chi connectivity index (χ3v) is 4.69. The predicted molar refractivity (Wildman–Crippen MR) is 98.2 cm³/mol. The van der Waals surface area contributed by atoms with Crippen molar-refractivity contribution in [2.75, 3.05) is 25.5 Å². The Morgan fingerprint density at radius 1 is 1.15 bits per heavy atom. The third-order valence-electron chi connectivity index (χ3n) is 4.69. The normalized spacial score (nSPS) is 19.2. The fourth-order valence-electron chi connectivity index (χ4n) is 3.33. The molecule has 2 aromatic rings.